The predicted molar refractivity (Wildman–Crippen MR) is 84.1 cm³/mol. The zero-order chi connectivity index (χ0) is 14.3. The van der Waals surface area contributed by atoms with Crippen LogP contribution in [0.25, 0.3) is 11.1 Å². The topological polar surface area (TPSA) is 43.8 Å². The van der Waals surface area contributed by atoms with Gasteiger partial charge in [-0.3, -0.25) is 4.68 Å². The molecule has 3 rings (SSSR count). The Bertz CT molecular complexity index is 645. The average Bonchev–Trinajstić information content (AvgIpc) is 2.64. The molecule has 5 heteroatoms. The molecule has 0 saturated heterocycles. The van der Waals surface area contributed by atoms with E-state index in [4.69, 9.17) is 28.9 Å². The number of benzene rings is 1. The van der Waals surface area contributed by atoms with Crippen molar-refractivity contribution in [3.05, 3.63) is 33.9 Å². The SMILES string of the molecule is Cn1nc(CC2CCC2)c(-c2ccc(Cl)c(Cl)c2)c1N. The predicted octanol–water partition coefficient (Wildman–Crippen LogP) is 4.32. The lowest BCUT2D eigenvalue weighted by atomic mass is 9.81. The van der Waals surface area contributed by atoms with Gasteiger partial charge in [0.05, 0.1) is 15.7 Å². The van der Waals surface area contributed by atoms with Crippen LogP contribution in [-0.4, -0.2) is 9.78 Å². The minimum absolute atomic E-state index is 0.544. The van der Waals surface area contributed by atoms with Crippen LogP contribution in [0.2, 0.25) is 10.0 Å². The minimum atomic E-state index is 0.544. The van der Waals surface area contributed by atoms with Crippen molar-refractivity contribution in [1.29, 1.82) is 0 Å². The highest BCUT2D eigenvalue weighted by Gasteiger charge is 2.23. The number of hydrogen-bond donors (Lipinski definition) is 1. The first-order valence-corrected chi connectivity index (χ1v) is 7.58. The van der Waals surface area contributed by atoms with Crippen LogP contribution in [0.15, 0.2) is 18.2 Å². The van der Waals surface area contributed by atoms with Crippen molar-refractivity contribution in [1.82, 2.24) is 9.78 Å². The molecule has 1 fully saturated rings. The molecule has 0 bridgehead atoms. The molecular weight excluding hydrogens is 293 g/mol. The van der Waals surface area contributed by atoms with E-state index in [-0.39, 0.29) is 0 Å². The van der Waals surface area contributed by atoms with Gasteiger partial charge in [0.15, 0.2) is 0 Å². The number of nitrogens with two attached hydrogens (primary N) is 1. The molecule has 20 heavy (non-hydrogen) atoms. The summed E-state index contributed by atoms with van der Waals surface area (Å²) < 4.78 is 1.74. The highest BCUT2D eigenvalue weighted by atomic mass is 35.5. The second kappa shape index (κ2) is 5.30. The van der Waals surface area contributed by atoms with Crippen LogP contribution >= 0.6 is 23.2 Å². The zero-order valence-corrected chi connectivity index (χ0v) is 12.9. The Kier molecular flexibility index (Phi) is 3.65. The van der Waals surface area contributed by atoms with Gasteiger partial charge in [-0.2, -0.15) is 5.10 Å². The lowest BCUT2D eigenvalue weighted by molar-refractivity contribution is 0.311. The highest BCUT2D eigenvalue weighted by Crippen LogP contribution is 2.37. The summed E-state index contributed by atoms with van der Waals surface area (Å²) in [5.74, 6) is 1.42. The van der Waals surface area contributed by atoms with Crippen molar-refractivity contribution in [3.8, 4) is 11.1 Å². The number of halogens is 2. The van der Waals surface area contributed by atoms with Crippen molar-refractivity contribution in [3.63, 3.8) is 0 Å². The number of nitrogens with zero attached hydrogens (tertiary/aromatic N) is 2. The van der Waals surface area contributed by atoms with Gasteiger partial charge in [0.1, 0.15) is 5.82 Å². The minimum Gasteiger partial charge on any atom is -0.383 e. The Morgan fingerprint density at radius 2 is 2.05 bits per heavy atom. The highest BCUT2D eigenvalue weighted by molar-refractivity contribution is 6.42. The summed E-state index contributed by atoms with van der Waals surface area (Å²) in [7, 11) is 1.88. The fraction of sp³-hybridized carbons (Fsp3) is 0.400. The number of anilines is 1. The Morgan fingerprint density at radius 3 is 2.65 bits per heavy atom. The van der Waals surface area contributed by atoms with E-state index in [2.05, 4.69) is 5.10 Å². The summed E-state index contributed by atoms with van der Waals surface area (Å²) in [5, 5.41) is 5.67. The molecule has 0 unspecified atom stereocenters. The molecule has 0 spiro atoms. The van der Waals surface area contributed by atoms with Gasteiger partial charge in [0, 0.05) is 12.6 Å². The van der Waals surface area contributed by atoms with E-state index in [1.54, 1.807) is 10.7 Å². The lowest BCUT2D eigenvalue weighted by Gasteiger charge is -2.24. The second-order valence-corrected chi connectivity index (χ2v) is 6.27. The Hall–Kier alpha value is -1.19. The number of hydrogen-bond acceptors (Lipinski definition) is 2. The van der Waals surface area contributed by atoms with Crippen molar-refractivity contribution >= 4 is 29.0 Å². The Balaban J connectivity index is 2.03. The number of aromatic nitrogens is 2. The molecule has 0 atom stereocenters. The summed E-state index contributed by atoms with van der Waals surface area (Å²) in [5.41, 5.74) is 9.23. The van der Waals surface area contributed by atoms with Crippen LogP contribution < -0.4 is 5.73 Å². The smallest absolute Gasteiger partial charge is 0.129 e. The average molecular weight is 310 g/mol. The molecule has 1 aliphatic rings. The van der Waals surface area contributed by atoms with Gasteiger partial charge < -0.3 is 5.73 Å². The van der Waals surface area contributed by atoms with Gasteiger partial charge >= 0.3 is 0 Å². The molecule has 106 valence electrons. The van der Waals surface area contributed by atoms with E-state index < -0.39 is 0 Å². The van der Waals surface area contributed by atoms with E-state index in [9.17, 15) is 0 Å². The molecule has 1 saturated carbocycles. The Morgan fingerprint density at radius 1 is 1.30 bits per heavy atom. The van der Waals surface area contributed by atoms with E-state index in [1.165, 1.54) is 19.3 Å². The molecule has 0 amide bonds. The van der Waals surface area contributed by atoms with Crippen molar-refractivity contribution in [2.75, 3.05) is 5.73 Å². The van der Waals surface area contributed by atoms with Gasteiger partial charge in [0.2, 0.25) is 0 Å². The fourth-order valence-electron chi connectivity index (χ4n) is 2.67. The molecule has 2 aromatic rings. The molecule has 1 aromatic carbocycles. The third-order valence-corrected chi connectivity index (χ3v) is 4.82. The molecule has 1 heterocycles. The fourth-order valence-corrected chi connectivity index (χ4v) is 2.97. The van der Waals surface area contributed by atoms with Gasteiger partial charge in [0.25, 0.3) is 0 Å². The largest absolute Gasteiger partial charge is 0.383 e. The summed E-state index contributed by atoms with van der Waals surface area (Å²) in [6, 6.07) is 5.62. The number of nitrogen functional groups attached to an aromatic ring is 1. The van der Waals surface area contributed by atoms with Crippen molar-refractivity contribution < 1.29 is 0 Å². The van der Waals surface area contributed by atoms with Crippen LogP contribution in [0.1, 0.15) is 25.0 Å². The van der Waals surface area contributed by atoms with E-state index in [0.717, 1.165) is 29.2 Å². The van der Waals surface area contributed by atoms with E-state index >= 15 is 0 Å². The maximum atomic E-state index is 6.18. The normalized spacial score (nSPS) is 15.3. The molecule has 1 aliphatic carbocycles. The Labute approximate surface area is 128 Å². The van der Waals surface area contributed by atoms with Gasteiger partial charge in [-0.25, -0.2) is 0 Å². The standard InChI is InChI=1S/C15H17Cl2N3/c1-20-15(18)14(10-5-6-11(16)12(17)8-10)13(19-20)7-9-3-2-4-9/h5-6,8-9H,2-4,7,18H2,1H3. The van der Waals surface area contributed by atoms with Crippen LogP contribution in [0, 0.1) is 5.92 Å². The van der Waals surface area contributed by atoms with Crippen LogP contribution in [-0.2, 0) is 13.5 Å². The van der Waals surface area contributed by atoms with Crippen LogP contribution in [0.4, 0.5) is 5.82 Å². The molecule has 1 aromatic heterocycles. The number of rotatable bonds is 3. The second-order valence-electron chi connectivity index (χ2n) is 5.46. The zero-order valence-electron chi connectivity index (χ0n) is 11.4. The van der Waals surface area contributed by atoms with Gasteiger partial charge in [-0.15, -0.1) is 0 Å². The van der Waals surface area contributed by atoms with E-state index in [1.807, 2.05) is 19.2 Å². The van der Waals surface area contributed by atoms with Gasteiger partial charge in [-0.05, 0) is 30.0 Å². The van der Waals surface area contributed by atoms with Crippen molar-refractivity contribution in [2.45, 2.75) is 25.7 Å². The summed E-state index contributed by atoms with van der Waals surface area (Å²) in [4.78, 5) is 0. The lowest BCUT2D eigenvalue weighted by Crippen LogP contribution is -2.14. The molecule has 3 nitrogen and oxygen atoms in total. The molecule has 0 radical (unpaired) electrons. The number of aryl methyl sites for hydroxylation is 1. The van der Waals surface area contributed by atoms with Gasteiger partial charge in [-0.1, -0.05) is 48.5 Å². The third kappa shape index (κ3) is 2.40. The summed E-state index contributed by atoms with van der Waals surface area (Å²) in [6.07, 6.45) is 4.89. The summed E-state index contributed by atoms with van der Waals surface area (Å²) in [6.45, 7) is 0. The van der Waals surface area contributed by atoms with Crippen molar-refractivity contribution in [2.24, 2.45) is 13.0 Å². The first-order chi connectivity index (χ1) is 9.56. The first kappa shape index (κ1) is 13.8. The summed E-state index contributed by atoms with van der Waals surface area (Å²) >= 11 is 12.1. The third-order valence-electron chi connectivity index (χ3n) is 4.08. The monoisotopic (exact) mass is 309 g/mol. The maximum Gasteiger partial charge on any atom is 0.129 e. The van der Waals surface area contributed by atoms with Crippen LogP contribution in [0.3, 0.4) is 0 Å². The van der Waals surface area contributed by atoms with Crippen LogP contribution in [0.5, 0.6) is 0 Å². The molecular formula is C15H17Cl2N3. The van der Waals surface area contributed by atoms with E-state index in [0.29, 0.717) is 15.9 Å². The molecule has 2 N–H and O–H groups in total. The first-order valence-electron chi connectivity index (χ1n) is 6.83. The molecule has 0 aliphatic heterocycles. The quantitative estimate of drug-likeness (QED) is 0.917. The maximum absolute atomic E-state index is 6.18.